The fraction of sp³-hybridized carbons (Fsp3) is 0.308. The zero-order chi connectivity index (χ0) is 15.4. The third-order valence-corrected chi connectivity index (χ3v) is 3.48. The number of aromatic nitrogens is 3. The molecule has 2 rings (SSSR count). The molecule has 2 aromatic rings. The number of rotatable bonds is 5. The first-order valence-corrected chi connectivity index (χ1v) is 7.18. The van der Waals surface area contributed by atoms with Gasteiger partial charge in [0.25, 0.3) is 5.91 Å². The lowest BCUT2D eigenvalue weighted by atomic mass is 10.1. The fourth-order valence-electron chi connectivity index (χ4n) is 1.74. The number of aryl methyl sites for hydroxylation is 2. The second-order valence-electron chi connectivity index (χ2n) is 4.37. The fourth-order valence-corrected chi connectivity index (χ4v) is 2.44. The van der Waals surface area contributed by atoms with Gasteiger partial charge in [-0.05, 0) is 19.4 Å². The molecule has 1 amide bonds. The van der Waals surface area contributed by atoms with Gasteiger partial charge in [-0.15, -0.1) is 11.3 Å². The summed E-state index contributed by atoms with van der Waals surface area (Å²) in [5.74, 6) is -1.28. The minimum atomic E-state index is -0.958. The zero-order valence-electron chi connectivity index (χ0n) is 11.6. The summed E-state index contributed by atoms with van der Waals surface area (Å²) in [6.07, 6.45) is 0.431. The van der Waals surface area contributed by atoms with Gasteiger partial charge >= 0.3 is 5.97 Å². The number of nitrogens with one attached hydrogen (secondary N) is 1. The average molecular weight is 306 g/mol. The third-order valence-electron chi connectivity index (χ3n) is 2.68. The van der Waals surface area contributed by atoms with Crippen LogP contribution in [-0.2, 0) is 17.6 Å². The van der Waals surface area contributed by atoms with Gasteiger partial charge in [0, 0.05) is 5.38 Å². The molecule has 110 valence electrons. The predicted molar refractivity (Wildman–Crippen MR) is 77.6 cm³/mol. The largest absolute Gasteiger partial charge is 0.481 e. The molecule has 0 saturated heterocycles. The maximum atomic E-state index is 12.2. The van der Waals surface area contributed by atoms with Crippen LogP contribution in [0.3, 0.4) is 0 Å². The summed E-state index contributed by atoms with van der Waals surface area (Å²) < 4.78 is 0. The highest BCUT2D eigenvalue weighted by Crippen LogP contribution is 2.18. The molecule has 0 aromatic carbocycles. The van der Waals surface area contributed by atoms with Crippen LogP contribution < -0.4 is 5.32 Å². The predicted octanol–water partition coefficient (Wildman–Crippen LogP) is 1.68. The number of thiazole rings is 1. The number of nitrogens with zero attached hydrogens (tertiary/aromatic N) is 3. The van der Waals surface area contributed by atoms with Crippen LogP contribution in [0.15, 0.2) is 11.4 Å². The van der Waals surface area contributed by atoms with Gasteiger partial charge in [-0.1, -0.05) is 6.92 Å². The van der Waals surface area contributed by atoms with Gasteiger partial charge in [0.2, 0.25) is 0 Å². The second kappa shape index (κ2) is 6.40. The number of amides is 1. The van der Waals surface area contributed by atoms with Crippen LogP contribution >= 0.6 is 11.3 Å². The highest BCUT2D eigenvalue weighted by atomic mass is 32.1. The number of carbonyl (C=O) groups excluding carboxylic acids is 1. The summed E-state index contributed by atoms with van der Waals surface area (Å²) in [6.45, 7) is 3.65. The number of anilines is 1. The minimum Gasteiger partial charge on any atom is -0.481 e. The van der Waals surface area contributed by atoms with Gasteiger partial charge in [-0.3, -0.25) is 14.9 Å². The average Bonchev–Trinajstić information content (AvgIpc) is 2.85. The van der Waals surface area contributed by atoms with Gasteiger partial charge in [-0.2, -0.15) is 10.2 Å². The molecule has 2 aromatic heterocycles. The van der Waals surface area contributed by atoms with Crippen molar-refractivity contribution in [2.75, 3.05) is 5.32 Å². The van der Waals surface area contributed by atoms with Crippen molar-refractivity contribution in [1.82, 2.24) is 15.2 Å². The van der Waals surface area contributed by atoms with Crippen LogP contribution in [0.2, 0.25) is 0 Å². The molecule has 2 heterocycles. The van der Waals surface area contributed by atoms with E-state index in [1.807, 2.05) is 6.92 Å². The van der Waals surface area contributed by atoms with Gasteiger partial charge in [0.1, 0.15) is 0 Å². The monoisotopic (exact) mass is 306 g/mol. The molecular formula is C13H14N4O3S. The van der Waals surface area contributed by atoms with Crippen LogP contribution in [0.4, 0.5) is 5.13 Å². The van der Waals surface area contributed by atoms with Crippen LogP contribution in [0.25, 0.3) is 0 Å². The summed E-state index contributed by atoms with van der Waals surface area (Å²) in [5.41, 5.74) is 2.14. The van der Waals surface area contributed by atoms with E-state index in [0.717, 1.165) is 0 Å². The zero-order valence-corrected chi connectivity index (χ0v) is 12.4. The molecular weight excluding hydrogens is 292 g/mol. The number of hydrogen-bond acceptors (Lipinski definition) is 6. The Labute approximate surface area is 125 Å². The first-order chi connectivity index (χ1) is 9.99. The highest BCUT2D eigenvalue weighted by Gasteiger charge is 2.15. The Morgan fingerprint density at radius 3 is 2.81 bits per heavy atom. The lowest BCUT2D eigenvalue weighted by molar-refractivity contribution is -0.136. The van der Waals surface area contributed by atoms with Crippen LogP contribution in [0.5, 0.6) is 0 Å². The van der Waals surface area contributed by atoms with E-state index in [1.165, 1.54) is 11.3 Å². The number of aliphatic carboxylic acids is 1. The minimum absolute atomic E-state index is 0.164. The number of carboxylic acid groups (broad SMARTS) is 1. The topological polar surface area (TPSA) is 105 Å². The van der Waals surface area contributed by atoms with Crippen molar-refractivity contribution >= 4 is 28.3 Å². The van der Waals surface area contributed by atoms with Gasteiger partial charge in [0.15, 0.2) is 5.13 Å². The van der Waals surface area contributed by atoms with Crippen LogP contribution in [0.1, 0.15) is 34.4 Å². The van der Waals surface area contributed by atoms with Crippen molar-refractivity contribution in [2.45, 2.75) is 26.7 Å². The Morgan fingerprint density at radius 1 is 1.38 bits per heavy atom. The van der Waals surface area contributed by atoms with Crippen LogP contribution in [-0.4, -0.2) is 32.2 Å². The Balaban J connectivity index is 2.16. The summed E-state index contributed by atoms with van der Waals surface area (Å²) >= 11 is 1.19. The lowest BCUT2D eigenvalue weighted by Crippen LogP contribution is -2.16. The van der Waals surface area contributed by atoms with Crippen molar-refractivity contribution in [3.05, 3.63) is 34.1 Å². The summed E-state index contributed by atoms with van der Waals surface area (Å²) in [5, 5.41) is 21.3. The molecule has 0 aliphatic heterocycles. The molecule has 0 unspecified atom stereocenters. The first kappa shape index (κ1) is 15.0. The molecule has 0 bridgehead atoms. The Bertz CT molecular complexity index is 684. The molecule has 0 radical (unpaired) electrons. The maximum absolute atomic E-state index is 12.2. The maximum Gasteiger partial charge on any atom is 0.309 e. The second-order valence-corrected chi connectivity index (χ2v) is 5.23. The van der Waals surface area contributed by atoms with Gasteiger partial charge < -0.3 is 5.11 Å². The van der Waals surface area contributed by atoms with E-state index in [4.69, 9.17) is 5.11 Å². The molecule has 2 N–H and O–H groups in total. The molecule has 0 spiro atoms. The normalized spacial score (nSPS) is 10.4. The van der Waals surface area contributed by atoms with Crippen molar-refractivity contribution in [3.8, 4) is 0 Å². The lowest BCUT2D eigenvalue weighted by Gasteiger charge is -2.06. The molecule has 21 heavy (non-hydrogen) atoms. The van der Waals surface area contributed by atoms with E-state index >= 15 is 0 Å². The van der Waals surface area contributed by atoms with E-state index in [-0.39, 0.29) is 12.3 Å². The third kappa shape index (κ3) is 3.82. The quantitative estimate of drug-likeness (QED) is 0.870. The van der Waals surface area contributed by atoms with Crippen LogP contribution in [0, 0.1) is 6.92 Å². The number of hydrogen-bond donors (Lipinski definition) is 2. The van der Waals surface area contributed by atoms with Gasteiger partial charge in [-0.25, -0.2) is 4.98 Å². The molecule has 7 nitrogen and oxygen atoms in total. The molecule has 0 saturated carbocycles. The Hall–Kier alpha value is -2.35. The van der Waals surface area contributed by atoms with E-state index in [9.17, 15) is 9.59 Å². The Kier molecular flexibility index (Phi) is 4.59. The van der Waals surface area contributed by atoms with E-state index in [0.29, 0.717) is 34.2 Å². The van der Waals surface area contributed by atoms with E-state index < -0.39 is 5.97 Å². The van der Waals surface area contributed by atoms with Gasteiger partial charge in [0.05, 0.1) is 29.1 Å². The molecule has 0 fully saturated rings. The molecule has 0 aliphatic rings. The summed E-state index contributed by atoms with van der Waals surface area (Å²) in [4.78, 5) is 26.9. The highest BCUT2D eigenvalue weighted by molar-refractivity contribution is 7.14. The standard InChI is InChI=1S/C13H14N4O3S/c1-3-10-9(4-7(2)16-17-10)12(20)15-13-14-8(6-21-13)5-11(18)19/h4,6H,3,5H2,1-2H3,(H,18,19)(H,14,15,20). The summed E-state index contributed by atoms with van der Waals surface area (Å²) in [7, 11) is 0. The van der Waals surface area contributed by atoms with E-state index in [1.54, 1.807) is 18.4 Å². The van der Waals surface area contributed by atoms with Crippen molar-refractivity contribution < 1.29 is 14.7 Å². The molecule has 0 aliphatic carbocycles. The Morgan fingerprint density at radius 2 is 2.14 bits per heavy atom. The molecule has 8 heteroatoms. The van der Waals surface area contributed by atoms with Crippen molar-refractivity contribution in [2.24, 2.45) is 0 Å². The number of carboxylic acids is 1. The number of carbonyl (C=O) groups is 2. The molecule has 0 atom stereocenters. The van der Waals surface area contributed by atoms with Crippen molar-refractivity contribution in [3.63, 3.8) is 0 Å². The summed E-state index contributed by atoms with van der Waals surface area (Å²) in [6, 6.07) is 1.67. The first-order valence-electron chi connectivity index (χ1n) is 6.30. The smallest absolute Gasteiger partial charge is 0.309 e. The van der Waals surface area contributed by atoms with E-state index in [2.05, 4.69) is 20.5 Å². The SMILES string of the molecule is CCc1nnc(C)cc1C(=O)Nc1nc(CC(=O)O)cs1. The van der Waals surface area contributed by atoms with Crippen molar-refractivity contribution in [1.29, 1.82) is 0 Å².